The Bertz CT molecular complexity index is 1090. The largest absolute Gasteiger partial charge is 0.497 e. The Morgan fingerprint density at radius 3 is 2.71 bits per heavy atom. The van der Waals surface area contributed by atoms with Crippen LogP contribution in [0.1, 0.15) is 37.7 Å². The van der Waals surface area contributed by atoms with E-state index < -0.39 is 29.7 Å². The molecule has 5 atom stereocenters. The van der Waals surface area contributed by atoms with Gasteiger partial charge < -0.3 is 35.1 Å². The highest BCUT2D eigenvalue weighted by atomic mass is 19.1. The third-order valence-corrected chi connectivity index (χ3v) is 7.83. The minimum absolute atomic E-state index is 0.0979. The number of carbonyl (C=O) groups is 1. The Labute approximate surface area is 223 Å². The Balaban J connectivity index is 1.69. The zero-order chi connectivity index (χ0) is 27.3. The van der Waals surface area contributed by atoms with Gasteiger partial charge in [-0.15, -0.1) is 0 Å². The van der Waals surface area contributed by atoms with Crippen LogP contribution in [0.5, 0.6) is 5.75 Å². The second-order valence-corrected chi connectivity index (χ2v) is 10.3. The second-order valence-electron chi connectivity index (χ2n) is 10.3. The Kier molecular flexibility index (Phi) is 9.38. The van der Waals surface area contributed by atoms with Gasteiger partial charge >= 0.3 is 0 Å². The fraction of sp³-hybridized carbons (Fsp3) is 0.552. The van der Waals surface area contributed by atoms with Crippen LogP contribution in [0.2, 0.25) is 0 Å². The Morgan fingerprint density at radius 2 is 2.00 bits per heavy atom. The van der Waals surface area contributed by atoms with Crippen molar-refractivity contribution < 1.29 is 33.6 Å². The maximum Gasteiger partial charge on any atom is 0.226 e. The van der Waals surface area contributed by atoms with Crippen molar-refractivity contribution in [3.05, 3.63) is 53.8 Å². The van der Waals surface area contributed by atoms with E-state index in [-0.39, 0.29) is 37.0 Å². The molecule has 0 spiro atoms. The summed E-state index contributed by atoms with van der Waals surface area (Å²) in [7, 11) is 3.17. The molecule has 38 heavy (non-hydrogen) atoms. The van der Waals surface area contributed by atoms with Crippen molar-refractivity contribution in [1.29, 1.82) is 0 Å². The van der Waals surface area contributed by atoms with Crippen LogP contribution in [-0.2, 0) is 19.9 Å². The standard InChI is InChI=1S/C29H39FN2O6/c1-36-13-4-3-11-29(35,22-9-6-10-23(30)27(22)19-7-5-8-21(15-19)37-2)26-18-32(12-14-38-26)28(34)20-16-24(31)25(33)17-20/h5-10,15,20,24-26,33,35H,3-4,11-14,16-18,31H2,1-2H3/t20-,24+,25-,26?,29+/m0/s1. The van der Waals surface area contributed by atoms with Crippen molar-refractivity contribution >= 4 is 5.91 Å². The Hall–Kier alpha value is -2.56. The van der Waals surface area contributed by atoms with Gasteiger partial charge in [-0.2, -0.15) is 0 Å². The number of nitrogens with two attached hydrogens (primary N) is 1. The highest BCUT2D eigenvalue weighted by molar-refractivity contribution is 5.79. The summed E-state index contributed by atoms with van der Waals surface area (Å²) in [4.78, 5) is 15.0. The second kappa shape index (κ2) is 12.5. The van der Waals surface area contributed by atoms with Gasteiger partial charge in [0.25, 0.3) is 0 Å². The van der Waals surface area contributed by atoms with Crippen molar-refractivity contribution in [2.75, 3.05) is 40.5 Å². The van der Waals surface area contributed by atoms with Crippen molar-refractivity contribution in [3.63, 3.8) is 0 Å². The molecule has 2 aromatic carbocycles. The average Bonchev–Trinajstić information content (AvgIpc) is 3.28. The van der Waals surface area contributed by atoms with Gasteiger partial charge in [-0.05, 0) is 61.4 Å². The third kappa shape index (κ3) is 6.02. The number of ether oxygens (including phenoxy) is 3. The summed E-state index contributed by atoms with van der Waals surface area (Å²) in [6.07, 6.45) is 0.868. The molecular formula is C29H39FN2O6. The third-order valence-electron chi connectivity index (χ3n) is 7.83. The van der Waals surface area contributed by atoms with Crippen LogP contribution in [0, 0.1) is 11.7 Å². The molecule has 2 fully saturated rings. The molecule has 1 unspecified atom stereocenters. The van der Waals surface area contributed by atoms with Gasteiger partial charge in [-0.1, -0.05) is 24.3 Å². The summed E-state index contributed by atoms with van der Waals surface area (Å²) in [5.41, 5.74) is 5.62. The summed E-state index contributed by atoms with van der Waals surface area (Å²) < 4.78 is 32.2. The molecule has 208 valence electrons. The van der Waals surface area contributed by atoms with Crippen molar-refractivity contribution in [2.45, 2.75) is 56.0 Å². The van der Waals surface area contributed by atoms with Gasteiger partial charge in [-0.25, -0.2) is 4.39 Å². The number of benzene rings is 2. The predicted octanol–water partition coefficient (Wildman–Crippen LogP) is 2.83. The molecule has 0 radical (unpaired) electrons. The summed E-state index contributed by atoms with van der Waals surface area (Å²) >= 11 is 0. The number of methoxy groups -OCH3 is 2. The first-order valence-electron chi connectivity index (χ1n) is 13.3. The molecule has 9 heteroatoms. The molecule has 2 aromatic rings. The zero-order valence-electron chi connectivity index (χ0n) is 22.1. The highest BCUT2D eigenvalue weighted by Gasteiger charge is 2.46. The average molecular weight is 531 g/mol. The number of aliphatic hydroxyl groups is 2. The number of amides is 1. The molecule has 1 aliphatic heterocycles. The molecule has 1 aliphatic carbocycles. The predicted molar refractivity (Wildman–Crippen MR) is 141 cm³/mol. The topological polar surface area (TPSA) is 114 Å². The van der Waals surface area contributed by atoms with Gasteiger partial charge in [0.2, 0.25) is 5.91 Å². The molecule has 4 rings (SSSR count). The van der Waals surface area contributed by atoms with Crippen LogP contribution in [0.25, 0.3) is 11.1 Å². The van der Waals surface area contributed by atoms with E-state index in [0.29, 0.717) is 55.7 Å². The number of carbonyl (C=O) groups excluding carboxylic acids is 1. The number of rotatable bonds is 10. The van der Waals surface area contributed by atoms with Crippen LogP contribution in [0.15, 0.2) is 42.5 Å². The molecule has 0 aromatic heterocycles. The van der Waals surface area contributed by atoms with Crippen molar-refractivity contribution in [3.8, 4) is 16.9 Å². The van der Waals surface area contributed by atoms with E-state index in [1.54, 1.807) is 55.5 Å². The van der Waals surface area contributed by atoms with Gasteiger partial charge in [0.05, 0.1) is 26.4 Å². The summed E-state index contributed by atoms with van der Waals surface area (Å²) in [5.74, 6) is -0.360. The van der Waals surface area contributed by atoms with E-state index in [2.05, 4.69) is 0 Å². The van der Waals surface area contributed by atoms with Crippen LogP contribution in [0.3, 0.4) is 0 Å². The lowest BCUT2D eigenvalue weighted by Crippen LogP contribution is -2.55. The minimum Gasteiger partial charge on any atom is -0.497 e. The Morgan fingerprint density at radius 1 is 1.21 bits per heavy atom. The van der Waals surface area contributed by atoms with Gasteiger partial charge in [0, 0.05) is 37.8 Å². The maximum absolute atomic E-state index is 15.5. The van der Waals surface area contributed by atoms with Crippen LogP contribution in [0.4, 0.5) is 4.39 Å². The van der Waals surface area contributed by atoms with E-state index in [4.69, 9.17) is 19.9 Å². The van der Waals surface area contributed by atoms with E-state index in [0.717, 1.165) is 0 Å². The molecule has 0 bridgehead atoms. The molecule has 1 heterocycles. The van der Waals surface area contributed by atoms with Gasteiger partial charge in [0.1, 0.15) is 23.3 Å². The molecule has 8 nitrogen and oxygen atoms in total. The molecule has 4 N–H and O–H groups in total. The quantitative estimate of drug-likeness (QED) is 0.405. The first-order chi connectivity index (χ1) is 18.3. The zero-order valence-corrected chi connectivity index (χ0v) is 22.1. The molecule has 1 amide bonds. The lowest BCUT2D eigenvalue weighted by atomic mass is 9.78. The van der Waals surface area contributed by atoms with Gasteiger partial charge in [-0.3, -0.25) is 4.79 Å². The number of aliphatic hydroxyl groups excluding tert-OH is 1. The highest BCUT2D eigenvalue weighted by Crippen LogP contribution is 2.42. The number of hydrogen-bond donors (Lipinski definition) is 3. The van der Waals surface area contributed by atoms with Gasteiger partial charge in [0.15, 0.2) is 0 Å². The first kappa shape index (κ1) is 28.4. The van der Waals surface area contributed by atoms with Crippen LogP contribution < -0.4 is 10.5 Å². The minimum atomic E-state index is -1.58. The number of unbranched alkanes of at least 4 members (excludes halogenated alkanes) is 1. The lowest BCUT2D eigenvalue weighted by Gasteiger charge is -2.43. The maximum atomic E-state index is 15.5. The normalized spacial score (nSPS) is 25.3. The smallest absolute Gasteiger partial charge is 0.226 e. The molecule has 1 saturated carbocycles. The summed E-state index contributed by atoms with van der Waals surface area (Å²) in [5, 5.41) is 22.5. The fourth-order valence-corrected chi connectivity index (χ4v) is 5.71. The number of nitrogens with zero attached hydrogens (tertiary/aromatic N) is 1. The number of hydrogen-bond acceptors (Lipinski definition) is 7. The van der Waals surface area contributed by atoms with E-state index in [9.17, 15) is 15.0 Å². The van der Waals surface area contributed by atoms with Crippen molar-refractivity contribution in [1.82, 2.24) is 4.90 Å². The SMILES string of the molecule is COCCCC[C@@](O)(c1cccc(F)c1-c1cccc(OC)c1)C1CN(C(=O)[C@H]2C[C@@H](N)[C@@H](O)C2)CCO1. The van der Waals surface area contributed by atoms with Crippen molar-refractivity contribution in [2.24, 2.45) is 11.7 Å². The van der Waals surface area contributed by atoms with E-state index >= 15 is 4.39 Å². The molecule has 2 aliphatic rings. The molecule has 1 saturated heterocycles. The first-order valence-corrected chi connectivity index (χ1v) is 13.3. The lowest BCUT2D eigenvalue weighted by molar-refractivity contribution is -0.167. The fourth-order valence-electron chi connectivity index (χ4n) is 5.71. The summed E-state index contributed by atoms with van der Waals surface area (Å²) in [6, 6.07) is 11.3. The van der Waals surface area contributed by atoms with Crippen LogP contribution in [-0.4, -0.2) is 79.8 Å². The van der Waals surface area contributed by atoms with Crippen LogP contribution >= 0.6 is 0 Å². The number of morpholine rings is 1. The monoisotopic (exact) mass is 530 g/mol. The number of halogens is 1. The molecular weight excluding hydrogens is 491 g/mol. The van der Waals surface area contributed by atoms with E-state index in [1.807, 2.05) is 0 Å². The van der Waals surface area contributed by atoms with E-state index in [1.165, 1.54) is 6.07 Å². The summed E-state index contributed by atoms with van der Waals surface area (Å²) in [6.45, 7) is 1.29.